The number of thioether (sulfide) groups is 1. The van der Waals surface area contributed by atoms with Crippen LogP contribution in [0.3, 0.4) is 0 Å². The van der Waals surface area contributed by atoms with Crippen LogP contribution in [0.2, 0.25) is 0 Å². The van der Waals surface area contributed by atoms with Crippen molar-refractivity contribution in [2.45, 2.75) is 0 Å². The second kappa shape index (κ2) is 9.21. The van der Waals surface area contributed by atoms with Gasteiger partial charge in [0.2, 0.25) is 0 Å². The minimum absolute atomic E-state index is 0.0880. The summed E-state index contributed by atoms with van der Waals surface area (Å²) in [6.45, 7) is 7.15. The Hall–Kier alpha value is -1.35. The van der Waals surface area contributed by atoms with Gasteiger partial charge in [-0.25, -0.2) is 0 Å². The van der Waals surface area contributed by atoms with E-state index < -0.39 is 0 Å². The molecule has 0 saturated carbocycles. The van der Waals surface area contributed by atoms with Gasteiger partial charge in [-0.1, -0.05) is 18.2 Å². The van der Waals surface area contributed by atoms with Gasteiger partial charge in [-0.15, -0.1) is 13.2 Å². The van der Waals surface area contributed by atoms with Gasteiger partial charge in [0, 0.05) is 17.6 Å². The molecule has 0 aliphatic heterocycles. The van der Waals surface area contributed by atoms with E-state index in [2.05, 4.69) is 13.2 Å². The van der Waals surface area contributed by atoms with Gasteiger partial charge in [-0.3, -0.25) is 0 Å². The number of rotatable bonds is 4. The van der Waals surface area contributed by atoms with E-state index in [1.807, 2.05) is 23.9 Å². The molecule has 0 bridgehead atoms. The Kier molecular flexibility index (Phi) is 8.39. The first kappa shape index (κ1) is 13.7. The summed E-state index contributed by atoms with van der Waals surface area (Å²) in [5.74, 6) is 2.24. The largest absolute Gasteiger partial charge is 0.508 e. The molecule has 1 aromatic rings. The SMILES string of the molecule is C=CCSCC=C.Oc1cccc(O)c1. The highest BCUT2D eigenvalue weighted by Gasteiger charge is 1.85. The Balaban J connectivity index is 0.000000265. The number of aromatic hydroxyl groups is 2. The van der Waals surface area contributed by atoms with Gasteiger partial charge >= 0.3 is 0 Å². The summed E-state index contributed by atoms with van der Waals surface area (Å²) in [6, 6.07) is 5.85. The molecule has 82 valence electrons. The van der Waals surface area contributed by atoms with Crippen molar-refractivity contribution in [3.05, 3.63) is 49.6 Å². The zero-order valence-electron chi connectivity index (χ0n) is 8.60. The molecule has 0 aliphatic rings. The van der Waals surface area contributed by atoms with Crippen molar-refractivity contribution in [3.63, 3.8) is 0 Å². The number of hydrogen-bond acceptors (Lipinski definition) is 3. The van der Waals surface area contributed by atoms with E-state index >= 15 is 0 Å². The second-order valence-corrected chi connectivity index (χ2v) is 3.71. The molecule has 0 fully saturated rings. The molecule has 0 aliphatic carbocycles. The third-order valence-electron chi connectivity index (χ3n) is 1.30. The van der Waals surface area contributed by atoms with E-state index in [9.17, 15) is 0 Å². The Bertz CT molecular complexity index is 272. The Morgan fingerprint density at radius 1 is 1.07 bits per heavy atom. The molecule has 15 heavy (non-hydrogen) atoms. The summed E-state index contributed by atoms with van der Waals surface area (Å²) in [5.41, 5.74) is 0. The van der Waals surface area contributed by atoms with Crippen LogP contribution in [0.15, 0.2) is 49.6 Å². The molecule has 0 radical (unpaired) electrons. The predicted molar refractivity (Wildman–Crippen MR) is 67.5 cm³/mol. The molecule has 0 atom stereocenters. The molecule has 0 unspecified atom stereocenters. The Morgan fingerprint density at radius 2 is 1.53 bits per heavy atom. The van der Waals surface area contributed by atoms with Crippen molar-refractivity contribution in [2.75, 3.05) is 11.5 Å². The maximum atomic E-state index is 8.65. The van der Waals surface area contributed by atoms with E-state index in [1.54, 1.807) is 6.07 Å². The molecule has 0 saturated heterocycles. The number of phenols is 2. The summed E-state index contributed by atoms with van der Waals surface area (Å²) < 4.78 is 0. The molecule has 0 aromatic heterocycles. The van der Waals surface area contributed by atoms with Crippen molar-refractivity contribution < 1.29 is 10.2 Å². The van der Waals surface area contributed by atoms with E-state index in [4.69, 9.17) is 10.2 Å². The van der Waals surface area contributed by atoms with Gasteiger partial charge in [-0.05, 0) is 12.1 Å². The van der Waals surface area contributed by atoms with E-state index in [1.165, 1.54) is 18.2 Å². The van der Waals surface area contributed by atoms with Crippen molar-refractivity contribution in [2.24, 2.45) is 0 Å². The van der Waals surface area contributed by atoms with Crippen LogP contribution >= 0.6 is 11.8 Å². The van der Waals surface area contributed by atoms with E-state index in [0.717, 1.165) is 11.5 Å². The van der Waals surface area contributed by atoms with Gasteiger partial charge < -0.3 is 10.2 Å². The van der Waals surface area contributed by atoms with Crippen LogP contribution < -0.4 is 0 Å². The van der Waals surface area contributed by atoms with Crippen molar-refractivity contribution >= 4 is 11.8 Å². The highest BCUT2D eigenvalue weighted by Crippen LogP contribution is 2.14. The first-order chi connectivity index (χ1) is 7.20. The topological polar surface area (TPSA) is 40.5 Å². The summed E-state index contributed by atoms with van der Waals surface area (Å²) in [5, 5.41) is 17.3. The highest BCUT2D eigenvalue weighted by atomic mass is 32.2. The normalized spacial score (nSPS) is 8.53. The lowest BCUT2D eigenvalue weighted by atomic mass is 10.3. The lowest BCUT2D eigenvalue weighted by Crippen LogP contribution is -1.69. The summed E-state index contributed by atoms with van der Waals surface area (Å²) in [6.07, 6.45) is 3.79. The molecule has 1 aromatic carbocycles. The number of hydrogen-bond donors (Lipinski definition) is 2. The fourth-order valence-electron chi connectivity index (χ4n) is 0.728. The molecule has 0 heterocycles. The van der Waals surface area contributed by atoms with Crippen LogP contribution in [-0.4, -0.2) is 21.7 Å². The number of phenolic OH excluding ortho intramolecular Hbond substituents is 2. The Morgan fingerprint density at radius 3 is 1.80 bits per heavy atom. The first-order valence-electron chi connectivity index (χ1n) is 4.48. The maximum Gasteiger partial charge on any atom is 0.119 e. The maximum absolute atomic E-state index is 8.65. The highest BCUT2D eigenvalue weighted by molar-refractivity contribution is 7.99. The van der Waals surface area contributed by atoms with Gasteiger partial charge in [0.05, 0.1) is 0 Å². The monoisotopic (exact) mass is 224 g/mol. The molecule has 2 nitrogen and oxygen atoms in total. The van der Waals surface area contributed by atoms with E-state index in [-0.39, 0.29) is 11.5 Å². The van der Waals surface area contributed by atoms with Crippen LogP contribution in [0.1, 0.15) is 0 Å². The van der Waals surface area contributed by atoms with Crippen molar-refractivity contribution in [1.82, 2.24) is 0 Å². The third-order valence-corrected chi connectivity index (χ3v) is 2.24. The van der Waals surface area contributed by atoms with Gasteiger partial charge in [0.1, 0.15) is 11.5 Å². The summed E-state index contributed by atoms with van der Waals surface area (Å²) in [7, 11) is 0. The smallest absolute Gasteiger partial charge is 0.119 e. The molecule has 0 spiro atoms. The second-order valence-electron chi connectivity index (χ2n) is 2.63. The molecule has 3 heteroatoms. The van der Waals surface area contributed by atoms with Gasteiger partial charge in [0.25, 0.3) is 0 Å². The quantitative estimate of drug-likeness (QED) is 0.609. The fourth-order valence-corrected chi connectivity index (χ4v) is 1.20. The molecular weight excluding hydrogens is 208 g/mol. The van der Waals surface area contributed by atoms with Crippen molar-refractivity contribution in [1.29, 1.82) is 0 Å². The minimum atomic E-state index is 0.0880. The standard InChI is InChI=1S/C6H6O2.C6H10S/c7-5-2-1-3-6(8)4-5;1-3-5-7-6-4-2/h1-4,7-8H;3-4H,1-2,5-6H2. The average molecular weight is 224 g/mol. The lowest BCUT2D eigenvalue weighted by Gasteiger charge is -1.89. The fraction of sp³-hybridized carbons (Fsp3) is 0.167. The van der Waals surface area contributed by atoms with E-state index in [0.29, 0.717) is 0 Å². The van der Waals surface area contributed by atoms with Crippen LogP contribution in [0.5, 0.6) is 11.5 Å². The zero-order valence-corrected chi connectivity index (χ0v) is 9.41. The summed E-state index contributed by atoms with van der Waals surface area (Å²) >= 11 is 1.82. The first-order valence-corrected chi connectivity index (χ1v) is 5.63. The van der Waals surface area contributed by atoms with Crippen LogP contribution in [0.4, 0.5) is 0 Å². The lowest BCUT2D eigenvalue weighted by molar-refractivity contribution is 0.450. The molecule has 2 N–H and O–H groups in total. The van der Waals surface area contributed by atoms with Crippen LogP contribution in [0.25, 0.3) is 0 Å². The number of benzene rings is 1. The third kappa shape index (κ3) is 8.97. The van der Waals surface area contributed by atoms with Crippen molar-refractivity contribution in [3.8, 4) is 11.5 Å². The van der Waals surface area contributed by atoms with Crippen LogP contribution in [0, 0.1) is 0 Å². The predicted octanol–water partition coefficient (Wildman–Crippen LogP) is 3.19. The summed E-state index contributed by atoms with van der Waals surface area (Å²) in [4.78, 5) is 0. The molecular formula is C12H16O2S. The zero-order chi connectivity index (χ0) is 11.5. The van der Waals surface area contributed by atoms with Crippen LogP contribution in [-0.2, 0) is 0 Å². The molecule has 1 rings (SSSR count). The average Bonchev–Trinajstić information content (AvgIpc) is 2.19. The minimum Gasteiger partial charge on any atom is -0.508 e. The Labute approximate surface area is 95.0 Å². The van der Waals surface area contributed by atoms with Gasteiger partial charge in [0.15, 0.2) is 0 Å². The van der Waals surface area contributed by atoms with Gasteiger partial charge in [-0.2, -0.15) is 11.8 Å². The molecule has 0 amide bonds.